The van der Waals surface area contributed by atoms with Gasteiger partial charge in [-0.15, -0.1) is 11.3 Å². The smallest absolute Gasteiger partial charge is 0.316 e. The number of likely N-dealkylation sites (N-methyl/N-ethyl adjacent to an activating group) is 1. The number of nitrogens with zero attached hydrogens (tertiary/aromatic N) is 4. The number of imide groups is 1. The molecule has 3 aromatic rings. The second-order valence-corrected chi connectivity index (χ2v) is 12.6. The van der Waals surface area contributed by atoms with E-state index >= 15 is 0 Å². The minimum atomic E-state index is -4.58. The number of rotatable bonds is 6. The first kappa shape index (κ1) is 26.3. The molecule has 0 radical (unpaired) electrons. The number of pyridine rings is 2. The molecule has 2 aliphatic heterocycles. The molecule has 2 saturated heterocycles. The lowest BCUT2D eigenvalue weighted by Gasteiger charge is -2.21. The molecule has 7 nitrogen and oxygen atoms in total. The molecule has 0 aromatic carbocycles. The van der Waals surface area contributed by atoms with E-state index < -0.39 is 11.9 Å². The van der Waals surface area contributed by atoms with Gasteiger partial charge in [0.2, 0.25) is 11.8 Å². The SMILES string of the molecule is CNC1CCN(Cc2c(C)cc(C(F)(F)F)nc2-c2ccnc3cc(CN4C(=O)C5C(C4=O)C5(C)C)sc23)C1. The Morgan fingerprint density at radius 3 is 2.51 bits per heavy atom. The number of fused-ring (bicyclic) bond motifs is 2. The normalized spacial score (nSPS) is 24.7. The Morgan fingerprint density at radius 2 is 1.87 bits per heavy atom. The van der Waals surface area contributed by atoms with Crippen molar-refractivity contribution in [1.82, 2.24) is 25.1 Å². The van der Waals surface area contributed by atoms with Gasteiger partial charge in [-0.3, -0.25) is 24.4 Å². The summed E-state index contributed by atoms with van der Waals surface area (Å²) in [6.45, 7) is 7.86. The number of carbonyl (C=O) groups excluding carboxylic acids is 2. The molecule has 206 valence electrons. The molecule has 3 unspecified atom stereocenters. The first-order chi connectivity index (χ1) is 18.4. The number of alkyl halides is 3. The molecule has 39 heavy (non-hydrogen) atoms. The standard InChI is InChI=1S/C28H30F3N5O2S/c1-14-9-20(28(29,30)31)34-23(18(14)13-35-8-6-15(11-35)32-4)17-5-7-33-19-10-16(39-24(17)19)12-36-25(37)21-22(26(36)38)27(21,2)3/h5,7,9-10,15,21-22,32H,6,8,11-13H2,1-4H3. The first-order valence-corrected chi connectivity index (χ1v) is 13.9. The molecule has 0 spiro atoms. The number of halogens is 3. The van der Waals surface area contributed by atoms with Crippen LogP contribution in [0.2, 0.25) is 0 Å². The Bertz CT molecular complexity index is 1480. The fourth-order valence-corrected chi connectivity index (χ4v) is 7.39. The zero-order valence-corrected chi connectivity index (χ0v) is 23.0. The Kier molecular flexibility index (Phi) is 6.13. The average molecular weight is 558 g/mol. The van der Waals surface area contributed by atoms with E-state index in [1.54, 1.807) is 19.2 Å². The number of carbonyl (C=O) groups is 2. The summed E-state index contributed by atoms with van der Waals surface area (Å²) in [5, 5.41) is 3.28. The van der Waals surface area contributed by atoms with Gasteiger partial charge >= 0.3 is 6.18 Å². The zero-order valence-electron chi connectivity index (χ0n) is 22.2. The van der Waals surface area contributed by atoms with Crippen LogP contribution in [0.5, 0.6) is 0 Å². The van der Waals surface area contributed by atoms with E-state index in [9.17, 15) is 22.8 Å². The quantitative estimate of drug-likeness (QED) is 0.446. The van der Waals surface area contributed by atoms with Crippen molar-refractivity contribution < 1.29 is 22.8 Å². The highest BCUT2D eigenvalue weighted by atomic mass is 32.1. The van der Waals surface area contributed by atoms with Crippen LogP contribution in [-0.2, 0) is 28.9 Å². The summed E-state index contributed by atoms with van der Waals surface area (Å²) in [5.41, 5.74) is 1.57. The summed E-state index contributed by atoms with van der Waals surface area (Å²) >= 11 is 1.35. The number of nitrogens with one attached hydrogen (secondary N) is 1. The number of hydrogen-bond acceptors (Lipinski definition) is 7. The molecular weight excluding hydrogens is 527 g/mol. The van der Waals surface area contributed by atoms with Crippen molar-refractivity contribution in [2.45, 2.75) is 52.5 Å². The molecule has 1 aliphatic carbocycles. The van der Waals surface area contributed by atoms with Gasteiger partial charge in [0, 0.05) is 42.3 Å². The second kappa shape index (κ2) is 9.07. The van der Waals surface area contributed by atoms with Gasteiger partial charge in [-0.25, -0.2) is 4.98 Å². The first-order valence-electron chi connectivity index (χ1n) is 13.1. The lowest BCUT2D eigenvalue weighted by molar-refractivity contribution is -0.144. The van der Waals surface area contributed by atoms with Gasteiger partial charge in [-0.2, -0.15) is 13.2 Å². The van der Waals surface area contributed by atoms with Crippen molar-refractivity contribution >= 4 is 33.4 Å². The fourth-order valence-electron chi connectivity index (χ4n) is 6.27. The number of hydrogen-bond donors (Lipinski definition) is 1. The largest absolute Gasteiger partial charge is 0.433 e. The molecule has 1 saturated carbocycles. The summed E-state index contributed by atoms with van der Waals surface area (Å²) in [7, 11) is 1.92. The minimum absolute atomic E-state index is 0.141. The number of aromatic nitrogens is 2. The third-order valence-electron chi connectivity index (χ3n) is 8.62. The molecule has 2 amide bonds. The van der Waals surface area contributed by atoms with Crippen LogP contribution in [0, 0.1) is 24.2 Å². The van der Waals surface area contributed by atoms with E-state index in [1.807, 2.05) is 27.0 Å². The van der Waals surface area contributed by atoms with Crippen LogP contribution >= 0.6 is 11.3 Å². The molecule has 3 fully saturated rings. The van der Waals surface area contributed by atoms with Crippen molar-refractivity contribution in [2.75, 3.05) is 20.1 Å². The highest BCUT2D eigenvalue weighted by Gasteiger charge is 2.72. The van der Waals surface area contributed by atoms with Gasteiger partial charge in [-0.1, -0.05) is 13.8 Å². The number of likely N-dealkylation sites (tertiary alicyclic amines) is 2. The Hall–Kier alpha value is -2.89. The Labute approximate surface area is 228 Å². The van der Waals surface area contributed by atoms with E-state index in [2.05, 4.69) is 20.2 Å². The summed E-state index contributed by atoms with van der Waals surface area (Å²) in [5.74, 6) is -0.825. The maximum Gasteiger partial charge on any atom is 0.433 e. The monoisotopic (exact) mass is 557 g/mol. The van der Waals surface area contributed by atoms with Gasteiger partial charge in [0.05, 0.1) is 34.3 Å². The van der Waals surface area contributed by atoms with Crippen LogP contribution in [0.3, 0.4) is 0 Å². The van der Waals surface area contributed by atoms with E-state index in [0.717, 1.165) is 36.0 Å². The van der Waals surface area contributed by atoms with Gasteiger partial charge < -0.3 is 5.32 Å². The molecule has 0 bridgehead atoms. The highest BCUT2D eigenvalue weighted by Crippen LogP contribution is 2.63. The van der Waals surface area contributed by atoms with Gasteiger partial charge in [0.25, 0.3) is 0 Å². The van der Waals surface area contributed by atoms with E-state index in [4.69, 9.17) is 0 Å². The molecule has 3 aromatic heterocycles. The van der Waals surface area contributed by atoms with Crippen molar-refractivity contribution in [3.05, 3.63) is 46.1 Å². The molecule has 5 heterocycles. The van der Waals surface area contributed by atoms with E-state index in [-0.39, 0.29) is 35.6 Å². The van der Waals surface area contributed by atoms with Crippen LogP contribution in [0.25, 0.3) is 21.5 Å². The maximum absolute atomic E-state index is 13.8. The summed E-state index contributed by atoms with van der Waals surface area (Å²) in [4.78, 5) is 38.7. The number of piperidine rings is 1. The molecule has 11 heteroatoms. The molecule has 3 atom stereocenters. The zero-order chi connectivity index (χ0) is 27.9. The van der Waals surface area contributed by atoms with Crippen LogP contribution in [0.1, 0.15) is 42.0 Å². The van der Waals surface area contributed by atoms with Gasteiger partial charge in [0.1, 0.15) is 5.69 Å². The highest BCUT2D eigenvalue weighted by molar-refractivity contribution is 7.19. The number of amides is 2. The Balaban J connectivity index is 1.38. The number of thiophene rings is 1. The predicted molar refractivity (Wildman–Crippen MR) is 142 cm³/mol. The molecule has 6 rings (SSSR count). The summed E-state index contributed by atoms with van der Waals surface area (Å²) < 4.78 is 42.2. The van der Waals surface area contributed by atoms with E-state index in [0.29, 0.717) is 39.6 Å². The van der Waals surface area contributed by atoms with Crippen molar-refractivity contribution in [3.8, 4) is 11.3 Å². The minimum Gasteiger partial charge on any atom is -0.316 e. The van der Waals surface area contributed by atoms with Crippen LogP contribution in [-0.4, -0.2) is 57.8 Å². The van der Waals surface area contributed by atoms with Crippen LogP contribution in [0.4, 0.5) is 13.2 Å². The fraction of sp³-hybridized carbons (Fsp3) is 0.500. The molecule has 1 N–H and O–H groups in total. The van der Waals surface area contributed by atoms with Crippen molar-refractivity contribution in [3.63, 3.8) is 0 Å². The second-order valence-electron chi connectivity index (χ2n) is 11.5. The van der Waals surface area contributed by atoms with Crippen LogP contribution in [0.15, 0.2) is 24.4 Å². The third-order valence-corrected chi connectivity index (χ3v) is 9.77. The van der Waals surface area contributed by atoms with E-state index in [1.165, 1.54) is 16.2 Å². The van der Waals surface area contributed by atoms with Crippen LogP contribution < -0.4 is 5.32 Å². The predicted octanol–water partition coefficient (Wildman–Crippen LogP) is 4.62. The summed E-state index contributed by atoms with van der Waals surface area (Å²) in [6.07, 6.45) is -2.04. The summed E-state index contributed by atoms with van der Waals surface area (Å²) in [6, 6.07) is 4.99. The lowest BCUT2D eigenvalue weighted by atomic mass is 10.00. The third kappa shape index (κ3) is 4.35. The molecular formula is C28H30F3N5O2S. The molecule has 3 aliphatic rings. The topological polar surface area (TPSA) is 78.4 Å². The van der Waals surface area contributed by atoms with Crippen molar-refractivity contribution in [1.29, 1.82) is 0 Å². The number of aryl methyl sites for hydroxylation is 1. The Morgan fingerprint density at radius 1 is 1.15 bits per heavy atom. The maximum atomic E-state index is 13.8. The van der Waals surface area contributed by atoms with Crippen molar-refractivity contribution in [2.24, 2.45) is 17.3 Å². The average Bonchev–Trinajstić information content (AvgIpc) is 3.28. The lowest BCUT2D eigenvalue weighted by Crippen LogP contribution is -2.35. The van der Waals surface area contributed by atoms with Gasteiger partial charge in [0.15, 0.2) is 0 Å². The van der Waals surface area contributed by atoms with Gasteiger partial charge in [-0.05, 0) is 55.1 Å².